The van der Waals surface area contributed by atoms with Crippen LogP contribution in [0.25, 0.3) is 0 Å². The van der Waals surface area contributed by atoms with Gasteiger partial charge in [-0.15, -0.1) is 0 Å². The first kappa shape index (κ1) is 9.61. The molecule has 0 spiro atoms. The predicted octanol–water partition coefficient (Wildman–Crippen LogP) is -0.831. The molecule has 1 amide bonds. The fourth-order valence-corrected chi connectivity index (χ4v) is 1.38. The number of carbonyl (C=O) groups excluding carboxylic acids is 1. The van der Waals surface area contributed by atoms with Gasteiger partial charge in [0.15, 0.2) is 11.8 Å². The van der Waals surface area contributed by atoms with Gasteiger partial charge >= 0.3 is 0 Å². The SMILES string of the molecule is N#CC1CN(C(=O)c2cn[nH]n2)CCO1. The molecular weight excluding hydrogens is 198 g/mol. The Morgan fingerprint density at radius 2 is 2.67 bits per heavy atom. The molecule has 0 saturated carbocycles. The molecule has 0 bridgehead atoms. The van der Waals surface area contributed by atoms with Gasteiger partial charge in [0.25, 0.3) is 5.91 Å². The number of amides is 1. The van der Waals surface area contributed by atoms with Gasteiger partial charge in [-0.05, 0) is 0 Å². The summed E-state index contributed by atoms with van der Waals surface area (Å²) < 4.78 is 5.13. The van der Waals surface area contributed by atoms with E-state index in [4.69, 9.17) is 10.00 Å². The molecule has 1 saturated heterocycles. The number of nitriles is 1. The number of ether oxygens (including phenoxy) is 1. The van der Waals surface area contributed by atoms with Gasteiger partial charge in [-0.2, -0.15) is 20.7 Å². The van der Waals surface area contributed by atoms with Crippen LogP contribution < -0.4 is 0 Å². The molecule has 7 nitrogen and oxygen atoms in total. The molecule has 1 aromatic rings. The van der Waals surface area contributed by atoms with E-state index in [0.29, 0.717) is 13.2 Å². The van der Waals surface area contributed by atoms with Crippen molar-refractivity contribution in [3.05, 3.63) is 11.9 Å². The van der Waals surface area contributed by atoms with E-state index in [9.17, 15) is 4.79 Å². The Labute approximate surface area is 85.6 Å². The summed E-state index contributed by atoms with van der Waals surface area (Å²) >= 11 is 0. The standard InChI is InChI=1S/C8H9N5O2/c9-3-6-5-13(1-2-15-6)8(14)7-4-10-12-11-7/h4,6H,1-2,5H2,(H,10,11,12). The summed E-state index contributed by atoms with van der Waals surface area (Å²) in [5.74, 6) is -0.229. The Morgan fingerprint density at radius 1 is 1.80 bits per heavy atom. The topological polar surface area (TPSA) is 94.9 Å². The third kappa shape index (κ3) is 1.94. The quantitative estimate of drug-likeness (QED) is 0.648. The maximum Gasteiger partial charge on any atom is 0.276 e. The Morgan fingerprint density at radius 3 is 3.33 bits per heavy atom. The molecule has 15 heavy (non-hydrogen) atoms. The number of nitrogens with one attached hydrogen (secondary N) is 1. The van der Waals surface area contributed by atoms with Crippen molar-refractivity contribution in [2.75, 3.05) is 19.7 Å². The normalized spacial score (nSPS) is 21.0. The number of H-pyrrole nitrogens is 1. The summed E-state index contributed by atoms with van der Waals surface area (Å²) in [5.41, 5.74) is 0.258. The largest absolute Gasteiger partial charge is 0.360 e. The smallest absolute Gasteiger partial charge is 0.276 e. The zero-order valence-corrected chi connectivity index (χ0v) is 7.88. The zero-order valence-electron chi connectivity index (χ0n) is 7.88. The highest BCUT2D eigenvalue weighted by molar-refractivity contribution is 5.91. The number of hydrogen-bond donors (Lipinski definition) is 1. The van der Waals surface area contributed by atoms with E-state index < -0.39 is 6.10 Å². The molecule has 1 aliphatic heterocycles. The van der Waals surface area contributed by atoms with Crippen LogP contribution in [0.2, 0.25) is 0 Å². The molecule has 7 heteroatoms. The Kier molecular flexibility index (Phi) is 2.60. The molecule has 1 aliphatic rings. The lowest BCUT2D eigenvalue weighted by atomic mass is 10.2. The monoisotopic (exact) mass is 207 g/mol. The van der Waals surface area contributed by atoms with Crippen LogP contribution in [0.5, 0.6) is 0 Å². The molecule has 0 aliphatic carbocycles. The third-order valence-electron chi connectivity index (χ3n) is 2.13. The lowest BCUT2D eigenvalue weighted by Gasteiger charge is -2.28. The van der Waals surface area contributed by atoms with Crippen LogP contribution in [-0.2, 0) is 4.74 Å². The average molecular weight is 207 g/mol. The first-order valence-corrected chi connectivity index (χ1v) is 4.47. The van der Waals surface area contributed by atoms with Crippen molar-refractivity contribution in [1.29, 1.82) is 5.26 Å². The highest BCUT2D eigenvalue weighted by atomic mass is 16.5. The fourth-order valence-electron chi connectivity index (χ4n) is 1.38. The summed E-state index contributed by atoms with van der Waals surface area (Å²) in [4.78, 5) is 13.3. The van der Waals surface area contributed by atoms with Crippen molar-refractivity contribution in [3.8, 4) is 6.07 Å². The summed E-state index contributed by atoms with van der Waals surface area (Å²) in [5, 5.41) is 18.3. The van der Waals surface area contributed by atoms with Gasteiger partial charge in [0.05, 0.1) is 25.4 Å². The van der Waals surface area contributed by atoms with E-state index in [0.717, 1.165) is 0 Å². The summed E-state index contributed by atoms with van der Waals surface area (Å²) in [6, 6.07) is 1.97. The van der Waals surface area contributed by atoms with E-state index in [2.05, 4.69) is 15.4 Å². The second kappa shape index (κ2) is 4.06. The predicted molar refractivity (Wildman–Crippen MR) is 47.6 cm³/mol. The molecule has 0 aromatic carbocycles. The Hall–Kier alpha value is -1.94. The minimum absolute atomic E-state index is 0.229. The maximum atomic E-state index is 11.8. The fraction of sp³-hybridized carbons (Fsp3) is 0.500. The highest BCUT2D eigenvalue weighted by Gasteiger charge is 2.25. The van der Waals surface area contributed by atoms with E-state index in [1.54, 1.807) is 0 Å². The maximum absolute atomic E-state index is 11.8. The molecule has 1 unspecified atom stereocenters. The van der Waals surface area contributed by atoms with Crippen LogP contribution in [-0.4, -0.2) is 52.0 Å². The molecular formula is C8H9N5O2. The summed E-state index contributed by atoms with van der Waals surface area (Å²) in [6.45, 7) is 1.13. The number of aromatic nitrogens is 3. The van der Waals surface area contributed by atoms with Crippen LogP contribution in [0.15, 0.2) is 6.20 Å². The molecule has 1 fully saturated rings. The molecule has 1 aromatic heterocycles. The van der Waals surface area contributed by atoms with Crippen LogP contribution in [0.4, 0.5) is 0 Å². The number of hydrogen-bond acceptors (Lipinski definition) is 5. The number of aromatic amines is 1. The first-order chi connectivity index (χ1) is 7.31. The van der Waals surface area contributed by atoms with Crippen LogP contribution in [0.1, 0.15) is 10.5 Å². The van der Waals surface area contributed by atoms with Crippen molar-refractivity contribution in [1.82, 2.24) is 20.3 Å². The minimum atomic E-state index is -0.547. The number of morpholine rings is 1. The van der Waals surface area contributed by atoms with Gasteiger partial charge < -0.3 is 9.64 Å². The van der Waals surface area contributed by atoms with Crippen molar-refractivity contribution >= 4 is 5.91 Å². The molecule has 1 atom stereocenters. The minimum Gasteiger partial charge on any atom is -0.360 e. The lowest BCUT2D eigenvalue weighted by molar-refractivity contribution is 0.00319. The second-order valence-corrected chi connectivity index (χ2v) is 3.09. The zero-order chi connectivity index (χ0) is 10.7. The molecule has 0 radical (unpaired) electrons. The van der Waals surface area contributed by atoms with Gasteiger partial charge in [0.2, 0.25) is 0 Å². The molecule has 2 rings (SSSR count). The van der Waals surface area contributed by atoms with Crippen molar-refractivity contribution < 1.29 is 9.53 Å². The van der Waals surface area contributed by atoms with Crippen LogP contribution >= 0.6 is 0 Å². The van der Waals surface area contributed by atoms with Crippen LogP contribution in [0, 0.1) is 11.3 Å². The summed E-state index contributed by atoms with van der Waals surface area (Å²) in [7, 11) is 0. The highest BCUT2D eigenvalue weighted by Crippen LogP contribution is 2.07. The number of carbonyl (C=O) groups is 1. The van der Waals surface area contributed by atoms with Crippen molar-refractivity contribution in [3.63, 3.8) is 0 Å². The Bertz CT molecular complexity index is 382. The Balaban J connectivity index is 2.05. The van der Waals surface area contributed by atoms with E-state index in [1.165, 1.54) is 11.1 Å². The van der Waals surface area contributed by atoms with Gasteiger partial charge in [-0.3, -0.25) is 4.79 Å². The third-order valence-corrected chi connectivity index (χ3v) is 2.13. The van der Waals surface area contributed by atoms with E-state index >= 15 is 0 Å². The van der Waals surface area contributed by atoms with E-state index in [1.807, 2.05) is 6.07 Å². The number of rotatable bonds is 1. The summed E-state index contributed by atoms with van der Waals surface area (Å²) in [6.07, 6.45) is 0.814. The van der Waals surface area contributed by atoms with E-state index in [-0.39, 0.29) is 18.1 Å². The average Bonchev–Trinajstić information content (AvgIpc) is 2.81. The lowest BCUT2D eigenvalue weighted by Crippen LogP contribution is -2.45. The van der Waals surface area contributed by atoms with Gasteiger partial charge in [-0.25, -0.2) is 0 Å². The number of nitrogens with zero attached hydrogens (tertiary/aromatic N) is 4. The van der Waals surface area contributed by atoms with Crippen molar-refractivity contribution in [2.24, 2.45) is 0 Å². The second-order valence-electron chi connectivity index (χ2n) is 3.09. The first-order valence-electron chi connectivity index (χ1n) is 4.47. The molecule has 2 heterocycles. The molecule has 1 N–H and O–H groups in total. The molecule has 78 valence electrons. The van der Waals surface area contributed by atoms with Crippen LogP contribution in [0.3, 0.4) is 0 Å². The van der Waals surface area contributed by atoms with Gasteiger partial charge in [0, 0.05) is 6.54 Å². The van der Waals surface area contributed by atoms with Crippen molar-refractivity contribution in [2.45, 2.75) is 6.10 Å². The van der Waals surface area contributed by atoms with Gasteiger partial charge in [0.1, 0.15) is 0 Å². The van der Waals surface area contributed by atoms with Gasteiger partial charge in [-0.1, -0.05) is 0 Å².